The number of ketones is 1. The first kappa shape index (κ1) is 21.2. The van der Waals surface area contributed by atoms with E-state index in [9.17, 15) is 4.79 Å². The average molecular weight is 374 g/mol. The van der Waals surface area contributed by atoms with Crippen LogP contribution in [-0.4, -0.2) is 5.78 Å². The van der Waals surface area contributed by atoms with Crippen LogP contribution in [0.25, 0.3) is 0 Å². The van der Waals surface area contributed by atoms with Gasteiger partial charge < -0.3 is 0 Å². The molecule has 0 aliphatic heterocycles. The van der Waals surface area contributed by atoms with Crippen LogP contribution in [0.15, 0.2) is 84.9 Å². The largest absolute Gasteiger partial charge is 2.00 e. The van der Waals surface area contributed by atoms with Gasteiger partial charge in [-0.2, -0.15) is 72.8 Å². The molecule has 0 aromatic heterocycles. The molecule has 1 nitrogen and oxygen atoms in total. The van der Waals surface area contributed by atoms with Gasteiger partial charge in [0.25, 0.3) is 0 Å². The van der Waals surface area contributed by atoms with Gasteiger partial charge in [-0.3, -0.25) is 4.79 Å². The van der Waals surface area contributed by atoms with E-state index in [1.807, 2.05) is 60.7 Å². The zero-order valence-electron chi connectivity index (χ0n) is 13.1. The van der Waals surface area contributed by atoms with Crippen molar-refractivity contribution in [2.45, 2.75) is 6.92 Å². The molecule has 0 fully saturated rings. The third-order valence-corrected chi connectivity index (χ3v) is 2.72. The van der Waals surface area contributed by atoms with Crippen LogP contribution in [0.4, 0.5) is 0 Å². The van der Waals surface area contributed by atoms with Crippen LogP contribution in [0.2, 0.25) is 5.02 Å². The van der Waals surface area contributed by atoms with Gasteiger partial charge in [-0.15, -0.1) is 0 Å². The van der Waals surface area contributed by atoms with Crippen LogP contribution >= 0.6 is 11.6 Å². The van der Waals surface area contributed by atoms with Crippen molar-refractivity contribution >= 4 is 17.4 Å². The molecule has 0 atom stereocenters. The van der Waals surface area contributed by atoms with Crippen LogP contribution in [0.3, 0.4) is 0 Å². The Labute approximate surface area is 156 Å². The fourth-order valence-electron chi connectivity index (χ4n) is 1.37. The maximum atomic E-state index is 10.7. The minimum Gasteiger partial charge on any atom is -0.295 e. The van der Waals surface area contributed by atoms with Crippen LogP contribution in [-0.2, 0) is 19.5 Å². The number of carbonyl (C=O) groups is 1. The Hall–Kier alpha value is -1.76. The number of carbonyl (C=O) groups excluding carboxylic acids is 1. The molecule has 112 valence electrons. The van der Waals surface area contributed by atoms with E-state index in [-0.39, 0.29) is 25.3 Å². The van der Waals surface area contributed by atoms with Gasteiger partial charge in [-0.05, 0) is 31.2 Å². The second kappa shape index (κ2) is 13.9. The molecular weight excluding hydrogens is 357 g/mol. The number of hydrogen-bond donors (Lipinski definition) is 0. The molecule has 23 heavy (non-hydrogen) atoms. The second-order valence-electron chi connectivity index (χ2n) is 4.22. The molecule has 0 aliphatic carbocycles. The van der Waals surface area contributed by atoms with Crippen molar-refractivity contribution in [1.82, 2.24) is 0 Å². The molecule has 0 saturated heterocycles. The molecule has 0 radical (unpaired) electrons. The molecular formula is C20H17ClOZn. The van der Waals surface area contributed by atoms with E-state index in [1.54, 1.807) is 24.3 Å². The maximum Gasteiger partial charge on any atom is 2.00 e. The summed E-state index contributed by atoms with van der Waals surface area (Å²) in [6.07, 6.45) is 0. The molecule has 0 bridgehead atoms. The van der Waals surface area contributed by atoms with Gasteiger partial charge in [0.2, 0.25) is 0 Å². The molecule has 3 rings (SSSR count). The summed E-state index contributed by atoms with van der Waals surface area (Å²) in [6, 6.07) is 31.8. The van der Waals surface area contributed by atoms with Gasteiger partial charge >= 0.3 is 19.5 Å². The van der Waals surface area contributed by atoms with Crippen molar-refractivity contribution in [1.29, 1.82) is 0 Å². The SMILES string of the molecule is CC(=O)c1ccc(Cl)cc1.[Zn+2].[c-]1ccccc1.[c-]1ccccc1. The zero-order chi connectivity index (χ0) is 16.0. The molecule has 0 aliphatic rings. The summed E-state index contributed by atoms with van der Waals surface area (Å²) >= 11 is 5.61. The predicted octanol–water partition coefficient (Wildman–Crippen LogP) is 5.51. The Balaban J connectivity index is 0.000000325. The third-order valence-electron chi connectivity index (χ3n) is 2.46. The Bertz CT molecular complexity index is 540. The van der Waals surface area contributed by atoms with E-state index in [0.29, 0.717) is 10.6 Å². The van der Waals surface area contributed by atoms with E-state index in [4.69, 9.17) is 11.6 Å². The summed E-state index contributed by atoms with van der Waals surface area (Å²) in [4.78, 5) is 10.7. The Kier molecular flexibility index (Phi) is 12.8. The van der Waals surface area contributed by atoms with Crippen molar-refractivity contribution in [2.24, 2.45) is 0 Å². The number of benzene rings is 3. The van der Waals surface area contributed by atoms with E-state index < -0.39 is 0 Å². The molecule has 0 saturated carbocycles. The molecule has 3 aromatic carbocycles. The Morgan fingerprint density at radius 2 is 1.17 bits per heavy atom. The van der Waals surface area contributed by atoms with Crippen molar-refractivity contribution < 1.29 is 24.3 Å². The van der Waals surface area contributed by atoms with Crippen LogP contribution in [0.5, 0.6) is 0 Å². The van der Waals surface area contributed by atoms with Crippen LogP contribution < -0.4 is 0 Å². The summed E-state index contributed by atoms with van der Waals surface area (Å²) in [7, 11) is 0. The van der Waals surface area contributed by atoms with E-state index >= 15 is 0 Å². The fourth-order valence-corrected chi connectivity index (χ4v) is 1.49. The maximum absolute atomic E-state index is 10.7. The van der Waals surface area contributed by atoms with E-state index in [0.717, 1.165) is 0 Å². The van der Waals surface area contributed by atoms with E-state index in [1.165, 1.54) is 6.92 Å². The molecule has 0 amide bonds. The topological polar surface area (TPSA) is 17.1 Å². The normalized spacial score (nSPS) is 8.26. The summed E-state index contributed by atoms with van der Waals surface area (Å²) in [5.41, 5.74) is 0.699. The molecule has 0 unspecified atom stereocenters. The fraction of sp³-hybridized carbons (Fsp3) is 0.0500. The number of rotatable bonds is 1. The minimum atomic E-state index is 0. The first-order valence-corrected chi connectivity index (χ1v) is 7.16. The Morgan fingerprint density at radius 3 is 1.39 bits per heavy atom. The number of halogens is 1. The monoisotopic (exact) mass is 372 g/mol. The van der Waals surface area contributed by atoms with Crippen LogP contribution in [0.1, 0.15) is 17.3 Å². The van der Waals surface area contributed by atoms with Gasteiger partial charge in [0.15, 0.2) is 5.78 Å². The molecule has 3 heteroatoms. The average Bonchev–Trinajstić information content (AvgIpc) is 2.59. The van der Waals surface area contributed by atoms with Crippen molar-refractivity contribution in [3.63, 3.8) is 0 Å². The number of Topliss-reactive ketones (excluding diaryl/α,β-unsaturated/α-hetero) is 1. The molecule has 0 spiro atoms. The first-order valence-electron chi connectivity index (χ1n) is 6.79. The second-order valence-corrected chi connectivity index (χ2v) is 4.65. The predicted molar refractivity (Wildman–Crippen MR) is 92.0 cm³/mol. The van der Waals surface area contributed by atoms with Gasteiger partial charge in [-0.1, -0.05) is 11.6 Å². The standard InChI is InChI=1S/C8H7ClO.2C6H5.Zn/c1-6(10)7-2-4-8(9)5-3-7;2*1-2-4-6-5-3-1;/h2-5H,1H3;2*1-5H;/q;2*-1;+2. The van der Waals surface area contributed by atoms with Crippen molar-refractivity contribution in [3.05, 3.63) is 108 Å². The summed E-state index contributed by atoms with van der Waals surface area (Å²) in [5, 5.41) is 0.657. The quantitative estimate of drug-likeness (QED) is 0.312. The third kappa shape index (κ3) is 11.5. The Morgan fingerprint density at radius 1 is 0.783 bits per heavy atom. The van der Waals surface area contributed by atoms with Gasteiger partial charge in [-0.25, -0.2) is 0 Å². The van der Waals surface area contributed by atoms with E-state index in [2.05, 4.69) is 12.1 Å². The molecule has 0 N–H and O–H groups in total. The molecule has 3 aromatic rings. The summed E-state index contributed by atoms with van der Waals surface area (Å²) < 4.78 is 0. The number of hydrogen-bond acceptors (Lipinski definition) is 1. The van der Waals surface area contributed by atoms with Gasteiger partial charge in [0.05, 0.1) is 0 Å². The van der Waals surface area contributed by atoms with Crippen molar-refractivity contribution in [3.8, 4) is 0 Å². The van der Waals surface area contributed by atoms with Gasteiger partial charge in [0, 0.05) is 10.6 Å². The van der Waals surface area contributed by atoms with Gasteiger partial charge in [0.1, 0.15) is 0 Å². The van der Waals surface area contributed by atoms with Crippen molar-refractivity contribution in [2.75, 3.05) is 0 Å². The summed E-state index contributed by atoms with van der Waals surface area (Å²) in [6.45, 7) is 1.53. The zero-order valence-corrected chi connectivity index (χ0v) is 16.8. The minimum absolute atomic E-state index is 0. The smallest absolute Gasteiger partial charge is 0.295 e. The first-order chi connectivity index (χ1) is 10.7. The molecule has 0 heterocycles. The summed E-state index contributed by atoms with van der Waals surface area (Å²) in [5.74, 6) is 0.0664. The van der Waals surface area contributed by atoms with Crippen LogP contribution in [0, 0.1) is 12.1 Å².